The maximum atomic E-state index is 12.3. The van der Waals surface area contributed by atoms with Gasteiger partial charge in [-0.15, -0.1) is 12.4 Å². The highest BCUT2D eigenvalue weighted by Gasteiger charge is 2.48. The van der Waals surface area contributed by atoms with Crippen LogP contribution in [-0.4, -0.2) is 30.9 Å². The van der Waals surface area contributed by atoms with Gasteiger partial charge in [0.2, 0.25) is 5.91 Å². The average molecular weight is 352 g/mol. The molecule has 4 unspecified atom stereocenters. The number of rotatable bonds is 5. The summed E-state index contributed by atoms with van der Waals surface area (Å²) >= 11 is 0. The molecule has 6 heteroatoms. The Kier molecular flexibility index (Phi) is 6.24. The average Bonchev–Trinajstić information content (AvgIpc) is 3.12. The Morgan fingerprint density at radius 1 is 1.08 bits per heavy atom. The molecule has 2 aliphatic rings. The molecule has 0 heterocycles. The van der Waals surface area contributed by atoms with Gasteiger partial charge < -0.3 is 16.4 Å². The van der Waals surface area contributed by atoms with E-state index in [4.69, 9.17) is 5.73 Å². The molecule has 2 amide bonds. The molecule has 2 saturated carbocycles. The van der Waals surface area contributed by atoms with Crippen molar-refractivity contribution >= 4 is 24.2 Å². The van der Waals surface area contributed by atoms with Gasteiger partial charge in [-0.3, -0.25) is 9.59 Å². The number of amides is 2. The fourth-order valence-corrected chi connectivity index (χ4v) is 4.01. The smallest absolute Gasteiger partial charge is 0.251 e. The highest BCUT2D eigenvalue weighted by Crippen LogP contribution is 2.47. The lowest BCUT2D eigenvalue weighted by Gasteiger charge is -2.27. The minimum atomic E-state index is -0.115. The van der Waals surface area contributed by atoms with Crippen LogP contribution in [0.25, 0.3) is 0 Å². The van der Waals surface area contributed by atoms with Crippen molar-refractivity contribution in [3.05, 3.63) is 35.4 Å². The van der Waals surface area contributed by atoms with E-state index >= 15 is 0 Å². The largest absolute Gasteiger partial charge is 0.354 e. The lowest BCUT2D eigenvalue weighted by molar-refractivity contribution is -0.127. The van der Waals surface area contributed by atoms with Crippen molar-refractivity contribution in [2.45, 2.75) is 32.2 Å². The van der Waals surface area contributed by atoms with E-state index in [9.17, 15) is 9.59 Å². The molecule has 1 aromatic carbocycles. The predicted octanol–water partition coefficient (Wildman–Crippen LogP) is 1.64. The molecule has 5 nitrogen and oxygen atoms in total. The lowest BCUT2D eigenvalue weighted by atomic mass is 9.84. The van der Waals surface area contributed by atoms with Crippen LogP contribution in [0.1, 0.15) is 35.2 Å². The predicted molar refractivity (Wildman–Crippen MR) is 96.1 cm³/mol. The summed E-state index contributed by atoms with van der Waals surface area (Å²) in [5.41, 5.74) is 7.93. The van der Waals surface area contributed by atoms with Gasteiger partial charge in [-0.05, 0) is 50.2 Å². The molecule has 2 fully saturated rings. The number of nitrogens with one attached hydrogen (secondary N) is 2. The molecular weight excluding hydrogens is 326 g/mol. The van der Waals surface area contributed by atoms with Crippen molar-refractivity contribution in [3.63, 3.8) is 0 Å². The van der Waals surface area contributed by atoms with Crippen molar-refractivity contribution in [1.82, 2.24) is 10.6 Å². The summed E-state index contributed by atoms with van der Waals surface area (Å²) < 4.78 is 0. The Hall–Kier alpha value is -1.59. The van der Waals surface area contributed by atoms with E-state index in [1.807, 2.05) is 19.1 Å². The first kappa shape index (κ1) is 18.7. The lowest BCUT2D eigenvalue weighted by Crippen LogP contribution is -2.46. The first-order valence-corrected chi connectivity index (χ1v) is 8.44. The van der Waals surface area contributed by atoms with Crippen LogP contribution in [-0.2, 0) is 4.79 Å². The summed E-state index contributed by atoms with van der Waals surface area (Å²) in [5.74, 6) is 0.876. The van der Waals surface area contributed by atoms with Gasteiger partial charge in [0.1, 0.15) is 0 Å². The van der Waals surface area contributed by atoms with E-state index in [2.05, 4.69) is 10.6 Å². The first-order valence-electron chi connectivity index (χ1n) is 8.44. The Balaban J connectivity index is 0.00000208. The monoisotopic (exact) mass is 351 g/mol. The van der Waals surface area contributed by atoms with Gasteiger partial charge in [0.25, 0.3) is 5.91 Å². The number of aryl methyl sites for hydroxylation is 1. The third kappa shape index (κ3) is 3.90. The van der Waals surface area contributed by atoms with Gasteiger partial charge in [0.05, 0.1) is 5.92 Å². The summed E-state index contributed by atoms with van der Waals surface area (Å²) in [6, 6.07) is 7.44. The van der Waals surface area contributed by atoms with E-state index in [-0.39, 0.29) is 36.2 Å². The molecule has 0 spiro atoms. The Morgan fingerprint density at radius 2 is 1.71 bits per heavy atom. The Labute approximate surface area is 149 Å². The van der Waals surface area contributed by atoms with Crippen molar-refractivity contribution in [1.29, 1.82) is 0 Å². The van der Waals surface area contributed by atoms with Crippen LogP contribution in [0.15, 0.2) is 24.3 Å². The van der Waals surface area contributed by atoms with E-state index in [0.717, 1.165) is 18.4 Å². The fourth-order valence-electron chi connectivity index (χ4n) is 4.01. The van der Waals surface area contributed by atoms with Crippen LogP contribution in [0.5, 0.6) is 0 Å². The highest BCUT2D eigenvalue weighted by molar-refractivity contribution is 5.94. The van der Waals surface area contributed by atoms with Crippen LogP contribution >= 0.6 is 12.4 Å². The van der Waals surface area contributed by atoms with Crippen molar-refractivity contribution < 1.29 is 9.59 Å². The summed E-state index contributed by atoms with van der Waals surface area (Å²) in [5, 5.41) is 5.75. The zero-order valence-electron chi connectivity index (χ0n) is 14.0. The van der Waals surface area contributed by atoms with Crippen LogP contribution < -0.4 is 16.4 Å². The topological polar surface area (TPSA) is 84.2 Å². The summed E-state index contributed by atoms with van der Waals surface area (Å²) in [6.07, 6.45) is 3.40. The quantitative estimate of drug-likeness (QED) is 0.705. The van der Waals surface area contributed by atoms with Gasteiger partial charge >= 0.3 is 0 Å². The molecule has 4 N–H and O–H groups in total. The van der Waals surface area contributed by atoms with Crippen molar-refractivity contribution in [2.75, 3.05) is 13.1 Å². The van der Waals surface area contributed by atoms with Gasteiger partial charge in [0.15, 0.2) is 0 Å². The van der Waals surface area contributed by atoms with Crippen molar-refractivity contribution in [2.24, 2.45) is 23.5 Å². The van der Waals surface area contributed by atoms with Crippen LogP contribution in [0.4, 0.5) is 0 Å². The van der Waals surface area contributed by atoms with Crippen LogP contribution in [0.2, 0.25) is 0 Å². The SMILES string of the molecule is Cc1ccc(C(=O)NCCNC(=O)C2C3CCC(C3)C2N)cc1.Cl. The zero-order valence-corrected chi connectivity index (χ0v) is 14.8. The van der Waals surface area contributed by atoms with Crippen LogP contribution in [0, 0.1) is 24.7 Å². The summed E-state index contributed by atoms with van der Waals surface area (Å²) in [6.45, 7) is 2.85. The molecule has 0 aliphatic heterocycles. The molecule has 0 aromatic heterocycles. The normalized spacial score (nSPS) is 27.4. The summed E-state index contributed by atoms with van der Waals surface area (Å²) in [4.78, 5) is 24.3. The number of carbonyl (C=O) groups is 2. The molecule has 0 saturated heterocycles. The zero-order chi connectivity index (χ0) is 16.4. The number of nitrogens with two attached hydrogens (primary N) is 1. The number of fused-ring (bicyclic) bond motifs is 2. The maximum Gasteiger partial charge on any atom is 0.251 e. The minimum Gasteiger partial charge on any atom is -0.354 e. The third-order valence-corrected chi connectivity index (χ3v) is 5.31. The number of hydrogen-bond acceptors (Lipinski definition) is 3. The van der Waals surface area contributed by atoms with Crippen molar-refractivity contribution in [3.8, 4) is 0 Å². The van der Waals surface area contributed by atoms with E-state index in [1.165, 1.54) is 6.42 Å². The van der Waals surface area contributed by atoms with E-state index < -0.39 is 0 Å². The molecule has 1 aromatic rings. The number of carbonyl (C=O) groups excluding carboxylic acids is 2. The molecule has 4 atom stereocenters. The molecule has 2 aliphatic carbocycles. The number of benzene rings is 1. The fraction of sp³-hybridized carbons (Fsp3) is 0.556. The summed E-state index contributed by atoms with van der Waals surface area (Å²) in [7, 11) is 0. The van der Waals surface area contributed by atoms with E-state index in [0.29, 0.717) is 30.5 Å². The maximum absolute atomic E-state index is 12.3. The molecule has 2 bridgehead atoms. The number of hydrogen-bond donors (Lipinski definition) is 3. The molecular formula is C18H26ClN3O2. The van der Waals surface area contributed by atoms with E-state index in [1.54, 1.807) is 12.1 Å². The highest BCUT2D eigenvalue weighted by atomic mass is 35.5. The molecule has 3 rings (SSSR count). The van der Waals surface area contributed by atoms with Gasteiger partial charge in [-0.1, -0.05) is 17.7 Å². The standard InChI is InChI=1S/C18H25N3O2.ClH/c1-11-2-4-12(5-3-11)17(22)20-8-9-21-18(23)15-13-6-7-14(10-13)16(15)19;/h2-5,13-16H,6-10,19H2,1H3,(H,20,22)(H,21,23);1H. The second-order valence-electron chi connectivity index (χ2n) is 6.85. The van der Waals surface area contributed by atoms with Crippen LogP contribution in [0.3, 0.4) is 0 Å². The third-order valence-electron chi connectivity index (χ3n) is 5.31. The minimum absolute atomic E-state index is 0. The Morgan fingerprint density at radius 3 is 2.33 bits per heavy atom. The molecule has 24 heavy (non-hydrogen) atoms. The van der Waals surface area contributed by atoms with Gasteiger partial charge in [-0.25, -0.2) is 0 Å². The second-order valence-corrected chi connectivity index (χ2v) is 6.85. The molecule has 132 valence electrons. The molecule has 0 radical (unpaired) electrons. The second kappa shape index (κ2) is 7.99. The first-order chi connectivity index (χ1) is 11.1. The Bertz CT molecular complexity index is 588. The van der Waals surface area contributed by atoms with Gasteiger partial charge in [-0.2, -0.15) is 0 Å². The number of halogens is 1. The van der Waals surface area contributed by atoms with Gasteiger partial charge in [0, 0.05) is 24.7 Å².